The van der Waals surface area contributed by atoms with Crippen molar-refractivity contribution in [1.29, 1.82) is 0 Å². The summed E-state index contributed by atoms with van der Waals surface area (Å²) >= 11 is 0. The molecule has 0 aromatic heterocycles. The van der Waals surface area contributed by atoms with E-state index < -0.39 is 28.3 Å². The molecule has 9 heteroatoms. The van der Waals surface area contributed by atoms with Crippen LogP contribution in [0.5, 0.6) is 0 Å². The Kier molecular flexibility index (Phi) is 6.06. The summed E-state index contributed by atoms with van der Waals surface area (Å²) < 4.78 is 39.7. The molecule has 138 valence electrons. The summed E-state index contributed by atoms with van der Waals surface area (Å²) in [5.41, 5.74) is 1.26. The average Bonchev–Trinajstić information content (AvgIpc) is 2.54. The van der Waals surface area contributed by atoms with Crippen LogP contribution in [0.25, 0.3) is 0 Å². The van der Waals surface area contributed by atoms with Crippen molar-refractivity contribution >= 4 is 33.2 Å². The third kappa shape index (κ3) is 5.36. The van der Waals surface area contributed by atoms with Crippen molar-refractivity contribution in [3.05, 3.63) is 53.8 Å². The molecule has 0 aliphatic heterocycles. The number of rotatable bonds is 6. The number of carbonyl (C=O) groups excluding carboxylic acids is 2. The molecule has 2 aromatic rings. The predicted octanol–water partition coefficient (Wildman–Crippen LogP) is 2.01. The molecule has 0 saturated heterocycles. The Hall–Kier alpha value is -2.78. The smallest absolute Gasteiger partial charge is 0.241 e. The number of hydrogen-bond donors (Lipinski definition) is 3. The first kappa shape index (κ1) is 19.5. The zero-order valence-electron chi connectivity index (χ0n) is 14.2. The van der Waals surface area contributed by atoms with E-state index in [1.807, 2.05) is 0 Å². The first-order chi connectivity index (χ1) is 12.2. The normalized spacial score (nSPS) is 11.0. The standard InChI is InChI=1S/C17H18FN3O4S/c1-11-9-13(18)3-8-16(11)26(24,25)19-10-17(23)21-15-6-4-14(5-7-15)20-12(2)22/h3-9,19H,10H2,1-2H3,(H,20,22)(H,21,23). The van der Waals surface area contributed by atoms with E-state index in [0.29, 0.717) is 11.4 Å². The lowest BCUT2D eigenvalue weighted by molar-refractivity contribution is -0.115. The van der Waals surface area contributed by atoms with Crippen LogP contribution in [-0.2, 0) is 19.6 Å². The molecular weight excluding hydrogens is 361 g/mol. The van der Waals surface area contributed by atoms with Gasteiger partial charge in [-0.1, -0.05) is 0 Å². The molecule has 0 spiro atoms. The van der Waals surface area contributed by atoms with Crippen LogP contribution >= 0.6 is 0 Å². The molecule has 2 aromatic carbocycles. The maximum Gasteiger partial charge on any atom is 0.241 e. The minimum Gasteiger partial charge on any atom is -0.326 e. The summed E-state index contributed by atoms with van der Waals surface area (Å²) in [6, 6.07) is 9.63. The van der Waals surface area contributed by atoms with Gasteiger partial charge >= 0.3 is 0 Å². The van der Waals surface area contributed by atoms with E-state index in [4.69, 9.17) is 0 Å². The molecule has 2 rings (SSSR count). The highest BCUT2D eigenvalue weighted by Crippen LogP contribution is 2.16. The summed E-state index contributed by atoms with van der Waals surface area (Å²) in [5.74, 6) is -1.32. The molecule has 7 nitrogen and oxygen atoms in total. The maximum absolute atomic E-state index is 13.1. The maximum atomic E-state index is 13.1. The minimum atomic E-state index is -3.94. The third-order valence-corrected chi connectivity index (χ3v) is 4.90. The average molecular weight is 379 g/mol. The van der Waals surface area contributed by atoms with Crippen molar-refractivity contribution in [3.63, 3.8) is 0 Å². The van der Waals surface area contributed by atoms with E-state index in [2.05, 4.69) is 15.4 Å². The van der Waals surface area contributed by atoms with Crippen molar-refractivity contribution in [1.82, 2.24) is 4.72 Å². The van der Waals surface area contributed by atoms with Gasteiger partial charge in [0, 0.05) is 18.3 Å². The molecular formula is C17H18FN3O4S. The van der Waals surface area contributed by atoms with Crippen LogP contribution in [0, 0.1) is 12.7 Å². The molecule has 0 aliphatic rings. The zero-order valence-corrected chi connectivity index (χ0v) is 15.0. The number of anilines is 2. The number of aryl methyl sites for hydroxylation is 1. The monoisotopic (exact) mass is 379 g/mol. The van der Waals surface area contributed by atoms with Gasteiger partial charge in [0.25, 0.3) is 0 Å². The van der Waals surface area contributed by atoms with E-state index >= 15 is 0 Å². The van der Waals surface area contributed by atoms with Crippen molar-refractivity contribution < 1.29 is 22.4 Å². The summed E-state index contributed by atoms with van der Waals surface area (Å²) in [4.78, 5) is 22.8. The summed E-state index contributed by atoms with van der Waals surface area (Å²) in [5, 5.41) is 5.12. The third-order valence-electron chi connectivity index (χ3n) is 3.34. The molecule has 0 unspecified atom stereocenters. The van der Waals surface area contributed by atoms with Crippen molar-refractivity contribution in [2.24, 2.45) is 0 Å². The second-order valence-corrected chi connectivity index (χ2v) is 7.28. The number of benzene rings is 2. The highest BCUT2D eigenvalue weighted by molar-refractivity contribution is 7.89. The molecule has 26 heavy (non-hydrogen) atoms. The van der Waals surface area contributed by atoms with Crippen LogP contribution < -0.4 is 15.4 Å². The first-order valence-corrected chi connectivity index (χ1v) is 9.09. The largest absolute Gasteiger partial charge is 0.326 e. The van der Waals surface area contributed by atoms with Crippen molar-refractivity contribution in [2.75, 3.05) is 17.2 Å². The van der Waals surface area contributed by atoms with Gasteiger partial charge < -0.3 is 10.6 Å². The zero-order chi connectivity index (χ0) is 19.3. The van der Waals surface area contributed by atoms with Crippen LogP contribution in [0.1, 0.15) is 12.5 Å². The fourth-order valence-corrected chi connectivity index (χ4v) is 3.40. The highest BCUT2D eigenvalue weighted by Gasteiger charge is 2.18. The van der Waals surface area contributed by atoms with Gasteiger partial charge in [0.05, 0.1) is 11.4 Å². The Bertz CT molecular complexity index is 928. The van der Waals surface area contributed by atoms with Crippen LogP contribution in [0.2, 0.25) is 0 Å². The van der Waals surface area contributed by atoms with Gasteiger partial charge in [-0.15, -0.1) is 0 Å². The second-order valence-electron chi connectivity index (χ2n) is 5.54. The molecule has 0 fully saturated rings. The van der Waals surface area contributed by atoms with Crippen molar-refractivity contribution in [2.45, 2.75) is 18.7 Å². The van der Waals surface area contributed by atoms with E-state index in [1.165, 1.54) is 13.8 Å². The summed E-state index contributed by atoms with van der Waals surface area (Å²) in [7, 11) is -3.94. The molecule has 0 saturated carbocycles. The Morgan fingerprint density at radius 3 is 2.12 bits per heavy atom. The van der Waals surface area contributed by atoms with E-state index in [-0.39, 0.29) is 16.4 Å². The summed E-state index contributed by atoms with van der Waals surface area (Å²) in [6.45, 7) is 2.37. The van der Waals surface area contributed by atoms with Gasteiger partial charge in [0.15, 0.2) is 0 Å². The van der Waals surface area contributed by atoms with Crippen LogP contribution in [0.3, 0.4) is 0 Å². The lowest BCUT2D eigenvalue weighted by Crippen LogP contribution is -2.33. The SMILES string of the molecule is CC(=O)Nc1ccc(NC(=O)CNS(=O)(=O)c2ccc(F)cc2C)cc1. The van der Waals surface area contributed by atoms with Gasteiger partial charge in [0.1, 0.15) is 5.82 Å². The van der Waals surface area contributed by atoms with Crippen LogP contribution in [0.15, 0.2) is 47.4 Å². The Balaban J connectivity index is 1.96. The van der Waals surface area contributed by atoms with E-state index in [1.54, 1.807) is 24.3 Å². The number of sulfonamides is 1. The van der Waals surface area contributed by atoms with Crippen LogP contribution in [-0.4, -0.2) is 26.8 Å². The fraction of sp³-hybridized carbons (Fsp3) is 0.176. The molecule has 0 bridgehead atoms. The highest BCUT2D eigenvalue weighted by atomic mass is 32.2. The van der Waals surface area contributed by atoms with E-state index in [9.17, 15) is 22.4 Å². The number of halogens is 1. The minimum absolute atomic E-state index is 0.0913. The quantitative estimate of drug-likeness (QED) is 0.714. The Morgan fingerprint density at radius 1 is 1.00 bits per heavy atom. The number of hydrogen-bond acceptors (Lipinski definition) is 4. The Labute approximate surface area is 150 Å². The van der Waals surface area contributed by atoms with E-state index in [0.717, 1.165) is 18.2 Å². The molecule has 0 atom stereocenters. The van der Waals surface area contributed by atoms with Gasteiger partial charge in [-0.2, -0.15) is 0 Å². The Morgan fingerprint density at radius 2 is 1.58 bits per heavy atom. The lowest BCUT2D eigenvalue weighted by Gasteiger charge is -2.10. The van der Waals surface area contributed by atoms with Gasteiger partial charge in [-0.05, 0) is 55.0 Å². The number of amides is 2. The van der Waals surface area contributed by atoms with Crippen LogP contribution in [0.4, 0.5) is 15.8 Å². The topological polar surface area (TPSA) is 104 Å². The first-order valence-electron chi connectivity index (χ1n) is 7.61. The number of carbonyl (C=O) groups is 2. The molecule has 0 aliphatic carbocycles. The number of nitrogens with one attached hydrogen (secondary N) is 3. The van der Waals surface area contributed by atoms with Gasteiger partial charge in [-0.3, -0.25) is 9.59 Å². The van der Waals surface area contributed by atoms with Gasteiger partial charge in [-0.25, -0.2) is 17.5 Å². The molecule has 3 N–H and O–H groups in total. The van der Waals surface area contributed by atoms with Crippen molar-refractivity contribution in [3.8, 4) is 0 Å². The van der Waals surface area contributed by atoms with Gasteiger partial charge in [0.2, 0.25) is 21.8 Å². The predicted molar refractivity (Wildman–Crippen MR) is 95.7 cm³/mol. The summed E-state index contributed by atoms with van der Waals surface area (Å²) in [6.07, 6.45) is 0. The molecule has 2 amide bonds. The molecule has 0 radical (unpaired) electrons. The molecule has 0 heterocycles. The second kappa shape index (κ2) is 8.07. The fourth-order valence-electron chi connectivity index (χ4n) is 2.20. The lowest BCUT2D eigenvalue weighted by atomic mass is 10.2.